The molecule has 0 bridgehead atoms. The highest BCUT2D eigenvalue weighted by atomic mass is 19.2. The minimum Gasteiger partial charge on any atom is -0.339 e. The van der Waals surface area contributed by atoms with Crippen LogP contribution in [0.1, 0.15) is 40.2 Å². The number of likely N-dealkylation sites (tertiary alicyclic amines) is 1. The van der Waals surface area contributed by atoms with Crippen molar-refractivity contribution in [3.63, 3.8) is 0 Å². The summed E-state index contributed by atoms with van der Waals surface area (Å²) < 4.78 is 26.4. The van der Waals surface area contributed by atoms with E-state index in [1.165, 1.54) is 6.07 Å². The number of piperidine rings is 1. The van der Waals surface area contributed by atoms with Gasteiger partial charge in [0.05, 0.1) is 12.5 Å². The molecule has 1 amide bonds. The Morgan fingerprint density at radius 1 is 1.08 bits per heavy atom. The molecular weight excluding hydrogens is 322 g/mol. The second-order valence-electron chi connectivity index (χ2n) is 6.27. The monoisotopic (exact) mass is 340 g/mol. The van der Waals surface area contributed by atoms with Crippen molar-refractivity contribution in [3.05, 3.63) is 70.8 Å². The van der Waals surface area contributed by atoms with Crippen LogP contribution in [0.25, 0.3) is 0 Å². The summed E-state index contributed by atoms with van der Waals surface area (Å²) in [4.78, 5) is 14.3. The molecule has 1 heterocycles. The van der Waals surface area contributed by atoms with Crippen molar-refractivity contribution >= 4 is 5.91 Å². The van der Waals surface area contributed by atoms with Crippen molar-refractivity contribution in [2.45, 2.75) is 25.2 Å². The topological polar surface area (TPSA) is 44.1 Å². The van der Waals surface area contributed by atoms with Crippen molar-refractivity contribution in [2.24, 2.45) is 0 Å². The van der Waals surface area contributed by atoms with E-state index in [9.17, 15) is 13.6 Å². The minimum atomic E-state index is -0.837. The molecule has 25 heavy (non-hydrogen) atoms. The van der Waals surface area contributed by atoms with E-state index >= 15 is 0 Å². The lowest BCUT2D eigenvalue weighted by molar-refractivity contribution is 0.0713. The molecule has 3 rings (SSSR count). The predicted octanol–water partition coefficient (Wildman–Crippen LogP) is 4.05. The summed E-state index contributed by atoms with van der Waals surface area (Å²) in [5.41, 5.74) is 2.27. The molecule has 0 spiro atoms. The SMILES string of the molecule is N#CCc1ccc(C(=O)N2CCC(c3ccc(F)c(F)c3)CC2)cc1. The van der Waals surface area contributed by atoms with Crippen molar-refractivity contribution < 1.29 is 13.6 Å². The zero-order valence-electron chi connectivity index (χ0n) is 13.7. The molecule has 128 valence electrons. The Bertz CT molecular complexity index is 803. The highest BCUT2D eigenvalue weighted by Crippen LogP contribution is 2.29. The van der Waals surface area contributed by atoms with Crippen LogP contribution in [0.15, 0.2) is 42.5 Å². The molecule has 1 aliphatic rings. The fourth-order valence-electron chi connectivity index (χ4n) is 3.22. The summed E-state index contributed by atoms with van der Waals surface area (Å²) in [6, 6.07) is 13.2. The lowest BCUT2D eigenvalue weighted by Crippen LogP contribution is -2.37. The molecular formula is C20H18F2N2O. The van der Waals surface area contributed by atoms with Crippen molar-refractivity contribution in [1.82, 2.24) is 4.90 Å². The number of carbonyl (C=O) groups excluding carboxylic acids is 1. The highest BCUT2D eigenvalue weighted by molar-refractivity contribution is 5.94. The van der Waals surface area contributed by atoms with E-state index in [1.54, 1.807) is 35.2 Å². The van der Waals surface area contributed by atoms with Crippen LogP contribution in [0, 0.1) is 23.0 Å². The van der Waals surface area contributed by atoms with Crippen LogP contribution in [-0.4, -0.2) is 23.9 Å². The summed E-state index contributed by atoms with van der Waals surface area (Å²) in [7, 11) is 0. The molecule has 0 radical (unpaired) electrons. The molecule has 3 nitrogen and oxygen atoms in total. The van der Waals surface area contributed by atoms with Gasteiger partial charge in [-0.2, -0.15) is 5.26 Å². The Kier molecular flexibility index (Phi) is 5.08. The number of carbonyl (C=O) groups is 1. The van der Waals surface area contributed by atoms with Gasteiger partial charge in [0, 0.05) is 18.7 Å². The van der Waals surface area contributed by atoms with Crippen LogP contribution in [0.4, 0.5) is 8.78 Å². The fourth-order valence-corrected chi connectivity index (χ4v) is 3.22. The predicted molar refractivity (Wildman–Crippen MR) is 90.0 cm³/mol. The van der Waals surface area contributed by atoms with Gasteiger partial charge in [0.25, 0.3) is 5.91 Å². The average molecular weight is 340 g/mol. The van der Waals surface area contributed by atoms with E-state index < -0.39 is 11.6 Å². The van der Waals surface area contributed by atoms with E-state index in [4.69, 9.17) is 5.26 Å². The van der Waals surface area contributed by atoms with Crippen LogP contribution in [0.2, 0.25) is 0 Å². The summed E-state index contributed by atoms with van der Waals surface area (Å²) in [5, 5.41) is 8.68. The fraction of sp³-hybridized carbons (Fsp3) is 0.300. The lowest BCUT2D eigenvalue weighted by atomic mass is 9.89. The van der Waals surface area contributed by atoms with E-state index in [2.05, 4.69) is 6.07 Å². The van der Waals surface area contributed by atoms with E-state index in [1.807, 2.05) is 0 Å². The molecule has 1 aliphatic heterocycles. The van der Waals surface area contributed by atoms with Crippen molar-refractivity contribution in [3.8, 4) is 6.07 Å². The third kappa shape index (κ3) is 3.85. The average Bonchev–Trinajstić information content (AvgIpc) is 2.64. The first-order valence-electron chi connectivity index (χ1n) is 8.28. The van der Waals surface area contributed by atoms with Crippen LogP contribution in [0.5, 0.6) is 0 Å². The minimum absolute atomic E-state index is 0.0350. The van der Waals surface area contributed by atoms with Gasteiger partial charge in [0.15, 0.2) is 11.6 Å². The molecule has 1 fully saturated rings. The van der Waals surface area contributed by atoms with Gasteiger partial charge < -0.3 is 4.90 Å². The lowest BCUT2D eigenvalue weighted by Gasteiger charge is -2.32. The molecule has 2 aromatic carbocycles. The molecule has 0 aromatic heterocycles. The Morgan fingerprint density at radius 2 is 1.76 bits per heavy atom. The molecule has 0 N–H and O–H groups in total. The Labute approximate surface area is 145 Å². The van der Waals surface area contributed by atoms with Gasteiger partial charge in [-0.3, -0.25) is 4.79 Å². The third-order valence-corrected chi connectivity index (χ3v) is 4.68. The normalized spacial score (nSPS) is 15.0. The number of nitrogens with zero attached hydrogens (tertiary/aromatic N) is 2. The molecule has 0 aliphatic carbocycles. The molecule has 0 saturated carbocycles. The van der Waals surface area contributed by atoms with Gasteiger partial charge in [-0.15, -0.1) is 0 Å². The maximum atomic E-state index is 13.4. The standard InChI is InChI=1S/C20H18F2N2O/c21-18-6-5-17(13-19(18)22)15-8-11-24(12-9-15)20(25)16-3-1-14(2-4-16)7-10-23/h1-6,13,15H,7-9,11-12H2. The first-order chi connectivity index (χ1) is 12.1. The van der Waals surface area contributed by atoms with Crippen LogP contribution in [-0.2, 0) is 6.42 Å². The number of amides is 1. The van der Waals surface area contributed by atoms with Gasteiger partial charge in [0.2, 0.25) is 0 Å². The van der Waals surface area contributed by atoms with Gasteiger partial charge in [-0.05, 0) is 54.2 Å². The van der Waals surface area contributed by atoms with E-state index in [0.717, 1.165) is 30.0 Å². The molecule has 1 saturated heterocycles. The smallest absolute Gasteiger partial charge is 0.253 e. The summed E-state index contributed by atoms with van der Waals surface area (Å²) in [6.45, 7) is 1.17. The first-order valence-corrected chi connectivity index (χ1v) is 8.28. The van der Waals surface area contributed by atoms with E-state index in [0.29, 0.717) is 25.1 Å². The van der Waals surface area contributed by atoms with Crippen LogP contribution < -0.4 is 0 Å². The van der Waals surface area contributed by atoms with Gasteiger partial charge in [-0.1, -0.05) is 18.2 Å². The molecule has 0 unspecified atom stereocenters. The molecule has 5 heteroatoms. The number of rotatable bonds is 3. The first kappa shape index (κ1) is 17.1. The van der Waals surface area contributed by atoms with Crippen LogP contribution in [0.3, 0.4) is 0 Å². The van der Waals surface area contributed by atoms with Gasteiger partial charge in [-0.25, -0.2) is 8.78 Å². The number of hydrogen-bond donors (Lipinski definition) is 0. The van der Waals surface area contributed by atoms with Crippen molar-refractivity contribution in [2.75, 3.05) is 13.1 Å². The van der Waals surface area contributed by atoms with Gasteiger partial charge in [0.1, 0.15) is 0 Å². The zero-order valence-corrected chi connectivity index (χ0v) is 13.7. The maximum absolute atomic E-state index is 13.4. The van der Waals surface area contributed by atoms with Crippen LogP contribution >= 0.6 is 0 Å². The Hall–Kier alpha value is -2.74. The second-order valence-corrected chi connectivity index (χ2v) is 6.27. The van der Waals surface area contributed by atoms with E-state index in [-0.39, 0.29) is 11.8 Å². The maximum Gasteiger partial charge on any atom is 0.253 e. The number of hydrogen-bond acceptors (Lipinski definition) is 2. The number of nitriles is 1. The largest absolute Gasteiger partial charge is 0.339 e. The Balaban J connectivity index is 1.62. The number of halogens is 2. The highest BCUT2D eigenvalue weighted by Gasteiger charge is 2.25. The number of benzene rings is 2. The summed E-state index contributed by atoms with van der Waals surface area (Å²) >= 11 is 0. The zero-order chi connectivity index (χ0) is 17.8. The quantitative estimate of drug-likeness (QED) is 0.846. The summed E-state index contributed by atoms with van der Waals surface area (Å²) in [6.07, 6.45) is 1.78. The molecule has 2 aromatic rings. The second kappa shape index (κ2) is 7.43. The third-order valence-electron chi connectivity index (χ3n) is 4.68. The summed E-state index contributed by atoms with van der Waals surface area (Å²) in [5.74, 6) is -1.56. The molecule has 0 atom stereocenters. The Morgan fingerprint density at radius 3 is 2.36 bits per heavy atom. The van der Waals surface area contributed by atoms with Crippen molar-refractivity contribution in [1.29, 1.82) is 5.26 Å². The van der Waals surface area contributed by atoms with Gasteiger partial charge >= 0.3 is 0 Å².